The molecule has 2 N–H and O–H groups in total. The molecule has 0 radical (unpaired) electrons. The number of fused-ring (bicyclic) bond motifs is 1. The lowest BCUT2D eigenvalue weighted by atomic mass is 9.95. The topological polar surface area (TPSA) is 38.9 Å². The van der Waals surface area contributed by atoms with Gasteiger partial charge < -0.3 is 5.73 Å². The summed E-state index contributed by atoms with van der Waals surface area (Å²) in [6, 6.07) is 19.3. The first-order chi connectivity index (χ1) is 10.6. The van der Waals surface area contributed by atoms with Crippen LogP contribution in [0.25, 0.3) is 22.0 Å². The van der Waals surface area contributed by atoms with Crippen molar-refractivity contribution in [3.8, 4) is 11.1 Å². The van der Waals surface area contributed by atoms with Gasteiger partial charge in [0, 0.05) is 23.2 Å². The Balaban J connectivity index is 1.92. The molecule has 0 spiro atoms. The van der Waals surface area contributed by atoms with Crippen molar-refractivity contribution in [1.82, 2.24) is 4.98 Å². The van der Waals surface area contributed by atoms with Gasteiger partial charge in [-0.25, -0.2) is 0 Å². The summed E-state index contributed by atoms with van der Waals surface area (Å²) < 4.78 is 0. The number of hydrogen-bond acceptors (Lipinski definition) is 2. The molecule has 3 aromatic rings. The van der Waals surface area contributed by atoms with Crippen LogP contribution in [0.1, 0.15) is 19.4 Å². The SMILES string of the molecule is CC(C)C(N)Cc1ccc(-c2cccc3cccnc23)cc1. The summed E-state index contributed by atoms with van der Waals surface area (Å²) in [5, 5.41) is 1.17. The van der Waals surface area contributed by atoms with Crippen molar-refractivity contribution >= 4 is 10.9 Å². The van der Waals surface area contributed by atoms with Crippen molar-refractivity contribution in [1.29, 1.82) is 0 Å². The molecule has 0 amide bonds. The van der Waals surface area contributed by atoms with Crippen LogP contribution in [0.4, 0.5) is 0 Å². The highest BCUT2D eigenvalue weighted by Gasteiger charge is 2.09. The molecule has 0 bridgehead atoms. The van der Waals surface area contributed by atoms with Crippen LogP contribution in [-0.2, 0) is 6.42 Å². The summed E-state index contributed by atoms with van der Waals surface area (Å²) in [7, 11) is 0. The molecule has 1 unspecified atom stereocenters. The quantitative estimate of drug-likeness (QED) is 0.772. The zero-order valence-corrected chi connectivity index (χ0v) is 13.2. The Morgan fingerprint density at radius 2 is 1.68 bits per heavy atom. The summed E-state index contributed by atoms with van der Waals surface area (Å²) in [6.45, 7) is 4.33. The van der Waals surface area contributed by atoms with E-state index in [0.29, 0.717) is 5.92 Å². The van der Waals surface area contributed by atoms with Crippen molar-refractivity contribution in [3.05, 3.63) is 66.4 Å². The van der Waals surface area contributed by atoms with E-state index in [2.05, 4.69) is 67.4 Å². The van der Waals surface area contributed by atoms with Gasteiger partial charge in [0.2, 0.25) is 0 Å². The van der Waals surface area contributed by atoms with Crippen LogP contribution in [-0.4, -0.2) is 11.0 Å². The second kappa shape index (κ2) is 6.29. The number of nitrogens with zero attached hydrogens (tertiary/aromatic N) is 1. The molecule has 0 saturated heterocycles. The minimum atomic E-state index is 0.213. The summed E-state index contributed by atoms with van der Waals surface area (Å²) in [5.41, 5.74) is 10.9. The number of rotatable bonds is 4. The number of para-hydroxylation sites is 1. The molecule has 0 aliphatic carbocycles. The molecule has 0 aliphatic heterocycles. The van der Waals surface area contributed by atoms with Gasteiger partial charge in [0.15, 0.2) is 0 Å². The second-order valence-corrected chi connectivity index (χ2v) is 6.19. The third-order valence-corrected chi connectivity index (χ3v) is 4.23. The van der Waals surface area contributed by atoms with Gasteiger partial charge in [-0.05, 0) is 29.5 Å². The normalized spacial score (nSPS) is 12.7. The molecule has 1 aromatic heterocycles. The Morgan fingerprint density at radius 1 is 0.955 bits per heavy atom. The van der Waals surface area contributed by atoms with Gasteiger partial charge in [0.25, 0.3) is 0 Å². The zero-order chi connectivity index (χ0) is 15.5. The lowest BCUT2D eigenvalue weighted by molar-refractivity contribution is 0.490. The molecule has 2 nitrogen and oxygen atoms in total. The summed E-state index contributed by atoms with van der Waals surface area (Å²) in [6.07, 6.45) is 2.77. The Morgan fingerprint density at radius 3 is 2.41 bits per heavy atom. The Labute approximate surface area is 132 Å². The molecule has 1 atom stereocenters. The van der Waals surface area contributed by atoms with Crippen molar-refractivity contribution < 1.29 is 0 Å². The molecular formula is C20H22N2. The van der Waals surface area contributed by atoms with E-state index in [1.807, 2.05) is 12.3 Å². The zero-order valence-electron chi connectivity index (χ0n) is 13.2. The molecule has 3 rings (SSSR count). The van der Waals surface area contributed by atoms with Gasteiger partial charge in [0.05, 0.1) is 5.52 Å². The van der Waals surface area contributed by atoms with Gasteiger partial charge in [-0.2, -0.15) is 0 Å². The molecule has 2 heteroatoms. The first-order valence-electron chi connectivity index (χ1n) is 7.84. The smallest absolute Gasteiger partial charge is 0.0780 e. The molecule has 0 saturated carbocycles. The van der Waals surface area contributed by atoms with Gasteiger partial charge in [-0.15, -0.1) is 0 Å². The van der Waals surface area contributed by atoms with Gasteiger partial charge in [-0.1, -0.05) is 62.4 Å². The molecule has 1 heterocycles. The van der Waals surface area contributed by atoms with Crippen molar-refractivity contribution in [2.45, 2.75) is 26.3 Å². The highest BCUT2D eigenvalue weighted by atomic mass is 14.6. The molecule has 2 aromatic carbocycles. The lowest BCUT2D eigenvalue weighted by Gasteiger charge is -2.15. The largest absolute Gasteiger partial charge is 0.327 e. The van der Waals surface area contributed by atoms with E-state index in [0.717, 1.165) is 11.9 Å². The first-order valence-corrected chi connectivity index (χ1v) is 7.84. The Hall–Kier alpha value is -2.19. The van der Waals surface area contributed by atoms with Crippen molar-refractivity contribution in [2.75, 3.05) is 0 Å². The fourth-order valence-electron chi connectivity index (χ4n) is 2.67. The third kappa shape index (κ3) is 3.02. The first kappa shape index (κ1) is 14.7. The number of nitrogens with two attached hydrogens (primary N) is 1. The fraction of sp³-hybridized carbons (Fsp3) is 0.250. The second-order valence-electron chi connectivity index (χ2n) is 6.19. The standard InChI is InChI=1S/C20H22N2/c1-14(2)19(21)13-15-8-10-16(11-9-15)18-7-3-5-17-6-4-12-22-20(17)18/h3-12,14,19H,13,21H2,1-2H3. The van der Waals surface area contributed by atoms with E-state index in [4.69, 9.17) is 5.73 Å². The van der Waals surface area contributed by atoms with Crippen molar-refractivity contribution in [3.63, 3.8) is 0 Å². The highest BCUT2D eigenvalue weighted by Crippen LogP contribution is 2.27. The Bertz CT molecular complexity index is 755. The molecule has 0 aliphatic rings. The highest BCUT2D eigenvalue weighted by molar-refractivity contribution is 5.93. The minimum Gasteiger partial charge on any atom is -0.327 e. The van der Waals surface area contributed by atoms with Crippen LogP contribution < -0.4 is 5.73 Å². The lowest BCUT2D eigenvalue weighted by Crippen LogP contribution is -2.28. The van der Waals surface area contributed by atoms with Crippen LogP contribution in [0, 0.1) is 5.92 Å². The van der Waals surface area contributed by atoms with E-state index >= 15 is 0 Å². The number of benzene rings is 2. The van der Waals surface area contributed by atoms with Crippen LogP contribution in [0.2, 0.25) is 0 Å². The van der Waals surface area contributed by atoms with E-state index in [1.165, 1.54) is 22.1 Å². The third-order valence-electron chi connectivity index (χ3n) is 4.23. The summed E-state index contributed by atoms with van der Waals surface area (Å²) in [5.74, 6) is 0.502. The van der Waals surface area contributed by atoms with Crippen molar-refractivity contribution in [2.24, 2.45) is 11.7 Å². The molecule has 0 fully saturated rings. The molecule has 112 valence electrons. The number of hydrogen-bond donors (Lipinski definition) is 1. The van der Waals surface area contributed by atoms with E-state index in [1.54, 1.807) is 0 Å². The molecular weight excluding hydrogens is 268 g/mol. The van der Waals surface area contributed by atoms with Crippen LogP contribution in [0.5, 0.6) is 0 Å². The predicted molar refractivity (Wildman–Crippen MR) is 93.7 cm³/mol. The average molecular weight is 290 g/mol. The fourth-order valence-corrected chi connectivity index (χ4v) is 2.67. The maximum absolute atomic E-state index is 6.16. The van der Waals surface area contributed by atoms with E-state index in [9.17, 15) is 0 Å². The Kier molecular flexibility index (Phi) is 4.21. The summed E-state index contributed by atoms with van der Waals surface area (Å²) >= 11 is 0. The van der Waals surface area contributed by atoms with E-state index < -0.39 is 0 Å². The average Bonchev–Trinajstić information content (AvgIpc) is 2.55. The van der Waals surface area contributed by atoms with Gasteiger partial charge in [-0.3, -0.25) is 4.98 Å². The van der Waals surface area contributed by atoms with Gasteiger partial charge in [0.1, 0.15) is 0 Å². The van der Waals surface area contributed by atoms with Crippen LogP contribution in [0.15, 0.2) is 60.8 Å². The predicted octanol–water partition coefficient (Wildman–Crippen LogP) is 4.43. The monoisotopic (exact) mass is 290 g/mol. The maximum Gasteiger partial charge on any atom is 0.0780 e. The number of pyridine rings is 1. The van der Waals surface area contributed by atoms with Crippen LogP contribution >= 0.6 is 0 Å². The number of aromatic nitrogens is 1. The molecule has 22 heavy (non-hydrogen) atoms. The van der Waals surface area contributed by atoms with Gasteiger partial charge >= 0.3 is 0 Å². The van der Waals surface area contributed by atoms with E-state index in [-0.39, 0.29) is 6.04 Å². The minimum absolute atomic E-state index is 0.213. The van der Waals surface area contributed by atoms with Crippen LogP contribution in [0.3, 0.4) is 0 Å². The maximum atomic E-state index is 6.16. The summed E-state index contributed by atoms with van der Waals surface area (Å²) in [4.78, 5) is 4.53.